The lowest BCUT2D eigenvalue weighted by atomic mass is 10.1. The van der Waals surface area contributed by atoms with E-state index in [-0.39, 0.29) is 5.91 Å². The number of carbonyl (C=O) groups is 1. The quantitative estimate of drug-likeness (QED) is 0.682. The second-order valence-electron chi connectivity index (χ2n) is 4.19. The average Bonchev–Trinajstić information content (AvgIpc) is 3.06. The van der Waals surface area contributed by atoms with Crippen molar-refractivity contribution in [1.29, 1.82) is 0 Å². The molecule has 1 aromatic carbocycles. The molecular formula is C15H16N2O3S. The van der Waals surface area contributed by atoms with Gasteiger partial charge in [-0.3, -0.25) is 4.79 Å². The molecule has 1 amide bonds. The summed E-state index contributed by atoms with van der Waals surface area (Å²) >= 11 is 1.37. The van der Waals surface area contributed by atoms with Crippen LogP contribution in [0.1, 0.15) is 22.2 Å². The fourth-order valence-electron chi connectivity index (χ4n) is 1.72. The molecule has 0 saturated heterocycles. The van der Waals surface area contributed by atoms with Gasteiger partial charge in [0.25, 0.3) is 5.91 Å². The van der Waals surface area contributed by atoms with Crippen LogP contribution < -0.4 is 14.9 Å². The number of nitrogens with one attached hydrogen (secondary N) is 1. The molecule has 0 unspecified atom stereocenters. The predicted molar refractivity (Wildman–Crippen MR) is 83.5 cm³/mol. The van der Waals surface area contributed by atoms with Gasteiger partial charge in [0.15, 0.2) is 11.5 Å². The van der Waals surface area contributed by atoms with Crippen molar-refractivity contribution in [2.45, 2.75) is 6.92 Å². The van der Waals surface area contributed by atoms with Crippen molar-refractivity contribution in [3.05, 3.63) is 46.2 Å². The number of rotatable bonds is 5. The second kappa shape index (κ2) is 6.90. The number of methoxy groups -OCH3 is 2. The highest BCUT2D eigenvalue weighted by Gasteiger charge is 2.08. The molecule has 1 N–H and O–H groups in total. The zero-order valence-corrected chi connectivity index (χ0v) is 12.9. The number of benzene rings is 1. The summed E-state index contributed by atoms with van der Waals surface area (Å²) in [5.74, 6) is 1.05. The summed E-state index contributed by atoms with van der Waals surface area (Å²) in [5, 5.41) is 5.96. The molecule has 0 aliphatic heterocycles. The van der Waals surface area contributed by atoms with Gasteiger partial charge in [-0.15, -0.1) is 11.3 Å². The predicted octanol–water partition coefficient (Wildman–Crippen LogP) is 2.92. The fraction of sp³-hybridized carbons (Fsp3) is 0.200. The van der Waals surface area contributed by atoms with E-state index in [2.05, 4.69) is 10.5 Å². The summed E-state index contributed by atoms with van der Waals surface area (Å²) in [6.45, 7) is 1.82. The van der Waals surface area contributed by atoms with Crippen molar-refractivity contribution in [2.75, 3.05) is 14.2 Å². The van der Waals surface area contributed by atoms with Crippen LogP contribution in [0, 0.1) is 0 Å². The molecule has 1 heterocycles. The molecule has 0 radical (unpaired) electrons. The van der Waals surface area contributed by atoms with Crippen molar-refractivity contribution in [2.24, 2.45) is 5.10 Å². The first-order chi connectivity index (χ1) is 10.2. The van der Waals surface area contributed by atoms with Crippen LogP contribution in [0.3, 0.4) is 0 Å². The number of hydrazone groups is 1. The summed E-state index contributed by atoms with van der Waals surface area (Å²) in [6, 6.07) is 9.05. The zero-order valence-electron chi connectivity index (χ0n) is 12.0. The molecule has 0 spiro atoms. The Kier molecular flexibility index (Phi) is 4.94. The lowest BCUT2D eigenvalue weighted by Gasteiger charge is -2.09. The normalized spacial score (nSPS) is 11.1. The summed E-state index contributed by atoms with van der Waals surface area (Å²) in [5.41, 5.74) is 4.06. The summed E-state index contributed by atoms with van der Waals surface area (Å²) < 4.78 is 10.4. The van der Waals surface area contributed by atoms with E-state index in [1.54, 1.807) is 26.4 Å². The summed E-state index contributed by atoms with van der Waals surface area (Å²) in [4.78, 5) is 12.4. The first-order valence-corrected chi connectivity index (χ1v) is 7.14. The van der Waals surface area contributed by atoms with Gasteiger partial charge < -0.3 is 9.47 Å². The molecule has 0 aliphatic rings. The minimum absolute atomic E-state index is 0.218. The molecule has 21 heavy (non-hydrogen) atoms. The van der Waals surface area contributed by atoms with Gasteiger partial charge in [0, 0.05) is 5.56 Å². The van der Waals surface area contributed by atoms with Crippen LogP contribution in [-0.2, 0) is 0 Å². The van der Waals surface area contributed by atoms with E-state index >= 15 is 0 Å². The standard InChI is InChI=1S/C15H16N2O3S/c1-10(16-17-15(18)14-5-4-8-21-14)11-6-7-12(19-2)13(9-11)20-3/h4-9H,1-3H3,(H,17,18). The van der Waals surface area contributed by atoms with E-state index in [9.17, 15) is 4.79 Å². The molecule has 0 aliphatic carbocycles. The number of nitrogens with zero attached hydrogens (tertiary/aromatic N) is 1. The molecule has 2 rings (SSSR count). The highest BCUT2D eigenvalue weighted by Crippen LogP contribution is 2.27. The molecule has 6 heteroatoms. The maximum absolute atomic E-state index is 11.8. The monoisotopic (exact) mass is 304 g/mol. The summed E-state index contributed by atoms with van der Waals surface area (Å²) in [6.07, 6.45) is 0. The fourth-order valence-corrected chi connectivity index (χ4v) is 2.34. The minimum atomic E-state index is -0.218. The Hall–Kier alpha value is -2.34. The van der Waals surface area contributed by atoms with Crippen LogP contribution in [0.4, 0.5) is 0 Å². The highest BCUT2D eigenvalue weighted by atomic mass is 32.1. The Balaban J connectivity index is 2.14. The molecule has 0 bridgehead atoms. The van der Waals surface area contributed by atoms with E-state index in [1.807, 2.05) is 30.5 Å². The lowest BCUT2D eigenvalue weighted by molar-refractivity contribution is 0.0959. The van der Waals surface area contributed by atoms with Gasteiger partial charge in [-0.1, -0.05) is 6.07 Å². The van der Waals surface area contributed by atoms with Crippen molar-refractivity contribution < 1.29 is 14.3 Å². The Morgan fingerprint density at radius 1 is 1.19 bits per heavy atom. The Morgan fingerprint density at radius 3 is 2.57 bits per heavy atom. The van der Waals surface area contributed by atoms with Crippen LogP contribution in [0.2, 0.25) is 0 Å². The molecule has 0 atom stereocenters. The molecule has 5 nitrogen and oxygen atoms in total. The van der Waals surface area contributed by atoms with Crippen LogP contribution >= 0.6 is 11.3 Å². The maximum Gasteiger partial charge on any atom is 0.281 e. The van der Waals surface area contributed by atoms with Crippen LogP contribution in [0.15, 0.2) is 40.8 Å². The number of thiophene rings is 1. The van der Waals surface area contributed by atoms with Crippen LogP contribution in [0.25, 0.3) is 0 Å². The maximum atomic E-state index is 11.8. The molecule has 110 valence electrons. The Bertz CT molecular complexity index is 651. The van der Waals surface area contributed by atoms with Crippen molar-refractivity contribution in [1.82, 2.24) is 5.43 Å². The van der Waals surface area contributed by atoms with Gasteiger partial charge in [-0.2, -0.15) is 5.10 Å². The SMILES string of the molecule is COc1ccc(C(C)=NNC(=O)c2cccs2)cc1OC. The Morgan fingerprint density at radius 2 is 1.95 bits per heavy atom. The van der Waals surface area contributed by atoms with Gasteiger partial charge in [-0.25, -0.2) is 5.43 Å². The van der Waals surface area contributed by atoms with Gasteiger partial charge in [0.2, 0.25) is 0 Å². The summed E-state index contributed by atoms with van der Waals surface area (Å²) in [7, 11) is 3.16. The van der Waals surface area contributed by atoms with Gasteiger partial charge in [0.05, 0.1) is 24.8 Å². The molecule has 1 aromatic heterocycles. The number of carbonyl (C=O) groups excluding carboxylic acids is 1. The first-order valence-electron chi connectivity index (χ1n) is 6.26. The van der Waals surface area contributed by atoms with Crippen molar-refractivity contribution in [3.8, 4) is 11.5 Å². The molecule has 2 aromatic rings. The van der Waals surface area contributed by atoms with Crippen molar-refractivity contribution in [3.63, 3.8) is 0 Å². The van der Waals surface area contributed by atoms with Gasteiger partial charge >= 0.3 is 0 Å². The molecular weight excluding hydrogens is 288 g/mol. The smallest absolute Gasteiger partial charge is 0.281 e. The average molecular weight is 304 g/mol. The zero-order chi connectivity index (χ0) is 15.2. The number of hydrogen-bond acceptors (Lipinski definition) is 5. The highest BCUT2D eigenvalue weighted by molar-refractivity contribution is 7.12. The number of amides is 1. The van der Waals surface area contributed by atoms with E-state index < -0.39 is 0 Å². The van der Waals surface area contributed by atoms with Crippen molar-refractivity contribution >= 4 is 23.0 Å². The third-order valence-electron chi connectivity index (χ3n) is 2.87. The van der Waals surface area contributed by atoms with E-state index in [4.69, 9.17) is 9.47 Å². The first kappa shape index (κ1) is 15.1. The third kappa shape index (κ3) is 3.61. The van der Waals surface area contributed by atoms with E-state index in [0.717, 1.165) is 5.56 Å². The number of ether oxygens (including phenoxy) is 2. The minimum Gasteiger partial charge on any atom is -0.493 e. The third-order valence-corrected chi connectivity index (χ3v) is 3.74. The van der Waals surface area contributed by atoms with E-state index in [1.165, 1.54) is 11.3 Å². The van der Waals surface area contributed by atoms with Gasteiger partial charge in [-0.05, 0) is 36.6 Å². The van der Waals surface area contributed by atoms with Crippen LogP contribution in [-0.4, -0.2) is 25.8 Å². The molecule has 0 fully saturated rings. The van der Waals surface area contributed by atoms with Crippen LogP contribution in [0.5, 0.6) is 11.5 Å². The number of hydrogen-bond donors (Lipinski definition) is 1. The lowest BCUT2D eigenvalue weighted by Crippen LogP contribution is -2.18. The molecule has 0 saturated carbocycles. The Labute approximate surface area is 127 Å². The topological polar surface area (TPSA) is 59.9 Å². The largest absolute Gasteiger partial charge is 0.493 e. The van der Waals surface area contributed by atoms with Gasteiger partial charge in [0.1, 0.15) is 0 Å². The second-order valence-corrected chi connectivity index (χ2v) is 5.13. The van der Waals surface area contributed by atoms with E-state index in [0.29, 0.717) is 22.1 Å².